The first-order valence-corrected chi connectivity index (χ1v) is 7.09. The smallest absolute Gasteiger partial charge is 0.308 e. The topological polar surface area (TPSA) is 55.8 Å². The minimum Gasteiger partial charge on any atom is -0.469 e. The molecule has 0 fully saturated rings. The van der Waals surface area contributed by atoms with Crippen molar-refractivity contribution in [3.63, 3.8) is 0 Å². The van der Waals surface area contributed by atoms with Gasteiger partial charge in [-0.25, -0.2) is 4.39 Å². The summed E-state index contributed by atoms with van der Waals surface area (Å²) in [4.78, 5) is 11.8. The van der Waals surface area contributed by atoms with Crippen LogP contribution in [0.4, 0.5) is 4.39 Å². The van der Waals surface area contributed by atoms with E-state index in [-0.39, 0.29) is 30.4 Å². The molecule has 0 radical (unpaired) electrons. The van der Waals surface area contributed by atoms with Crippen molar-refractivity contribution in [1.82, 2.24) is 0 Å². The molecule has 0 aliphatic carbocycles. The van der Waals surface area contributed by atoms with Crippen LogP contribution in [0.5, 0.6) is 0 Å². The van der Waals surface area contributed by atoms with E-state index in [1.54, 1.807) is 19.2 Å². The second kappa shape index (κ2) is 9.47. The molecule has 1 aromatic rings. The molecule has 4 nitrogen and oxygen atoms in total. The number of esters is 1. The van der Waals surface area contributed by atoms with Crippen LogP contribution in [0.15, 0.2) is 24.3 Å². The number of methoxy groups -OCH3 is 2. The van der Waals surface area contributed by atoms with Crippen LogP contribution in [0.2, 0.25) is 0 Å². The van der Waals surface area contributed by atoms with E-state index in [1.807, 2.05) is 0 Å². The normalized spacial score (nSPS) is 13.7. The number of benzene rings is 1. The van der Waals surface area contributed by atoms with Crippen molar-refractivity contribution in [2.75, 3.05) is 20.8 Å². The standard InChI is InChI=1S/C16H23FO4/c1-20-15(12-6-8-14(17)9-7-12)11-13(16(19)21-2)5-3-4-10-18/h6-9,13,15,18H,3-5,10-11H2,1-2H3/t13-,15+/m0/s1. The second-order valence-corrected chi connectivity index (χ2v) is 4.95. The average Bonchev–Trinajstić information content (AvgIpc) is 2.51. The molecule has 5 heteroatoms. The van der Waals surface area contributed by atoms with Crippen LogP contribution < -0.4 is 0 Å². The van der Waals surface area contributed by atoms with Gasteiger partial charge in [-0.15, -0.1) is 0 Å². The zero-order valence-corrected chi connectivity index (χ0v) is 12.5. The fourth-order valence-corrected chi connectivity index (χ4v) is 2.31. The summed E-state index contributed by atoms with van der Waals surface area (Å²) in [6.07, 6.45) is 2.22. The molecule has 0 unspecified atom stereocenters. The van der Waals surface area contributed by atoms with Crippen molar-refractivity contribution in [2.24, 2.45) is 5.92 Å². The number of ether oxygens (including phenoxy) is 2. The van der Waals surface area contributed by atoms with E-state index < -0.39 is 0 Å². The van der Waals surface area contributed by atoms with Gasteiger partial charge < -0.3 is 14.6 Å². The summed E-state index contributed by atoms with van der Waals surface area (Å²) < 4.78 is 23.2. The molecule has 0 aliphatic rings. The molecule has 1 aromatic carbocycles. The minimum absolute atomic E-state index is 0.111. The molecule has 1 rings (SSSR count). The highest BCUT2D eigenvalue weighted by molar-refractivity contribution is 5.72. The van der Waals surface area contributed by atoms with Crippen LogP contribution in [-0.4, -0.2) is 31.9 Å². The molecule has 0 spiro atoms. The van der Waals surface area contributed by atoms with Gasteiger partial charge >= 0.3 is 5.97 Å². The fraction of sp³-hybridized carbons (Fsp3) is 0.562. The van der Waals surface area contributed by atoms with E-state index >= 15 is 0 Å². The van der Waals surface area contributed by atoms with Crippen molar-refractivity contribution in [3.05, 3.63) is 35.6 Å². The maximum Gasteiger partial charge on any atom is 0.308 e. The number of aliphatic hydroxyl groups is 1. The molecule has 0 aromatic heterocycles. The summed E-state index contributed by atoms with van der Waals surface area (Å²) in [6.45, 7) is 0.111. The number of unbranched alkanes of at least 4 members (excludes halogenated alkanes) is 1. The Morgan fingerprint density at radius 2 is 1.90 bits per heavy atom. The number of hydrogen-bond donors (Lipinski definition) is 1. The molecule has 0 aliphatic heterocycles. The molecule has 0 amide bonds. The van der Waals surface area contributed by atoms with Crippen molar-refractivity contribution < 1.29 is 23.8 Å². The van der Waals surface area contributed by atoms with E-state index in [4.69, 9.17) is 14.6 Å². The first-order valence-electron chi connectivity index (χ1n) is 7.09. The van der Waals surface area contributed by atoms with Gasteiger partial charge in [-0.3, -0.25) is 4.79 Å². The van der Waals surface area contributed by atoms with Crippen LogP contribution in [0.3, 0.4) is 0 Å². The van der Waals surface area contributed by atoms with Gasteiger partial charge in [0.2, 0.25) is 0 Å². The third-order valence-electron chi connectivity index (χ3n) is 3.52. The summed E-state index contributed by atoms with van der Waals surface area (Å²) >= 11 is 0. The number of rotatable bonds is 9. The Hall–Kier alpha value is -1.46. The summed E-state index contributed by atoms with van der Waals surface area (Å²) in [5.74, 6) is -0.880. The molecule has 0 heterocycles. The van der Waals surface area contributed by atoms with Crippen molar-refractivity contribution in [2.45, 2.75) is 31.8 Å². The van der Waals surface area contributed by atoms with Crippen LogP contribution in [0, 0.1) is 11.7 Å². The lowest BCUT2D eigenvalue weighted by atomic mass is 9.92. The van der Waals surface area contributed by atoms with Crippen molar-refractivity contribution >= 4 is 5.97 Å². The van der Waals surface area contributed by atoms with Gasteiger partial charge in [-0.05, 0) is 37.0 Å². The Labute approximate surface area is 124 Å². The Balaban J connectivity index is 2.73. The van der Waals surface area contributed by atoms with Crippen LogP contribution in [0.1, 0.15) is 37.4 Å². The van der Waals surface area contributed by atoms with E-state index in [2.05, 4.69) is 0 Å². The van der Waals surface area contributed by atoms with Gasteiger partial charge in [0, 0.05) is 13.7 Å². The highest BCUT2D eigenvalue weighted by Gasteiger charge is 2.24. The average molecular weight is 298 g/mol. The van der Waals surface area contributed by atoms with Crippen LogP contribution in [-0.2, 0) is 14.3 Å². The molecule has 0 saturated carbocycles. The SMILES string of the molecule is COC(=O)[C@@H](CCCCO)C[C@@H](OC)c1ccc(F)cc1. The first-order chi connectivity index (χ1) is 10.1. The minimum atomic E-state index is -0.305. The van der Waals surface area contributed by atoms with Crippen LogP contribution >= 0.6 is 0 Å². The number of aliphatic hydroxyl groups excluding tert-OH is 1. The summed E-state index contributed by atoms with van der Waals surface area (Å²) in [7, 11) is 2.93. The second-order valence-electron chi connectivity index (χ2n) is 4.95. The number of carbonyl (C=O) groups excluding carboxylic acids is 1. The maximum atomic E-state index is 13.0. The van der Waals surface area contributed by atoms with Gasteiger partial charge in [0.05, 0.1) is 19.1 Å². The molecule has 1 N–H and O–H groups in total. The third-order valence-corrected chi connectivity index (χ3v) is 3.52. The molecule has 0 bridgehead atoms. The predicted octanol–water partition coefficient (Wildman–Crippen LogP) is 2.86. The van der Waals surface area contributed by atoms with E-state index in [1.165, 1.54) is 19.2 Å². The highest BCUT2D eigenvalue weighted by Crippen LogP contribution is 2.28. The zero-order valence-electron chi connectivity index (χ0n) is 12.5. The molecule has 2 atom stereocenters. The zero-order chi connectivity index (χ0) is 15.7. The number of halogens is 1. The van der Waals surface area contributed by atoms with Crippen LogP contribution in [0.25, 0.3) is 0 Å². The Morgan fingerprint density at radius 1 is 1.24 bits per heavy atom. The van der Waals surface area contributed by atoms with Gasteiger partial charge in [-0.1, -0.05) is 18.6 Å². The lowest BCUT2D eigenvalue weighted by Gasteiger charge is -2.21. The summed E-state index contributed by atoms with van der Waals surface area (Å²) in [6, 6.07) is 6.07. The summed E-state index contributed by atoms with van der Waals surface area (Å²) in [5.41, 5.74) is 0.829. The van der Waals surface area contributed by atoms with E-state index in [9.17, 15) is 9.18 Å². The van der Waals surface area contributed by atoms with Gasteiger partial charge in [0.25, 0.3) is 0 Å². The summed E-state index contributed by atoms with van der Waals surface area (Å²) in [5, 5.41) is 8.83. The van der Waals surface area contributed by atoms with Crippen molar-refractivity contribution in [3.8, 4) is 0 Å². The lowest BCUT2D eigenvalue weighted by molar-refractivity contribution is -0.147. The molecule has 0 saturated heterocycles. The van der Waals surface area contributed by atoms with E-state index in [0.29, 0.717) is 19.3 Å². The van der Waals surface area contributed by atoms with Crippen molar-refractivity contribution in [1.29, 1.82) is 0 Å². The largest absolute Gasteiger partial charge is 0.469 e. The third kappa shape index (κ3) is 5.81. The molecule has 21 heavy (non-hydrogen) atoms. The maximum absolute atomic E-state index is 13.0. The Kier molecular flexibility index (Phi) is 7.93. The van der Waals surface area contributed by atoms with Gasteiger partial charge in [-0.2, -0.15) is 0 Å². The van der Waals surface area contributed by atoms with Gasteiger partial charge in [0.15, 0.2) is 0 Å². The first kappa shape index (κ1) is 17.6. The predicted molar refractivity (Wildman–Crippen MR) is 77.2 cm³/mol. The van der Waals surface area contributed by atoms with Gasteiger partial charge in [0.1, 0.15) is 5.82 Å². The molecular weight excluding hydrogens is 275 g/mol. The Morgan fingerprint density at radius 3 is 2.43 bits per heavy atom. The number of carbonyl (C=O) groups is 1. The molecular formula is C16H23FO4. The lowest BCUT2D eigenvalue weighted by Crippen LogP contribution is -2.20. The fourth-order valence-electron chi connectivity index (χ4n) is 2.31. The van der Waals surface area contributed by atoms with E-state index in [0.717, 1.165) is 12.0 Å². The Bertz CT molecular complexity index is 419. The number of hydrogen-bond acceptors (Lipinski definition) is 4. The molecule has 118 valence electrons. The monoisotopic (exact) mass is 298 g/mol. The highest BCUT2D eigenvalue weighted by atomic mass is 19.1. The quantitative estimate of drug-likeness (QED) is 0.562.